The number of hydrogen-bond acceptors (Lipinski definition) is 3. The van der Waals surface area contributed by atoms with Gasteiger partial charge in [0.05, 0.1) is 23.4 Å². The second-order valence-electron chi connectivity index (χ2n) is 7.96. The SMILES string of the molecule is Cc1nn(-c2cccc(C(F)(F)F)c2)c(C)c1CC(=O)NCc1ccc(C(=O)N(C)C)cc1. The third-order valence-electron chi connectivity index (χ3n) is 5.29. The summed E-state index contributed by atoms with van der Waals surface area (Å²) in [5.74, 6) is -0.340. The third kappa shape index (κ3) is 5.60. The van der Waals surface area contributed by atoms with Crippen molar-refractivity contribution in [2.75, 3.05) is 14.1 Å². The topological polar surface area (TPSA) is 67.2 Å². The summed E-state index contributed by atoms with van der Waals surface area (Å²) in [6.07, 6.45) is -4.40. The lowest BCUT2D eigenvalue weighted by molar-refractivity contribution is -0.137. The maximum absolute atomic E-state index is 13.1. The normalized spacial score (nSPS) is 11.4. The van der Waals surface area contributed by atoms with Crippen LogP contribution in [0.4, 0.5) is 13.2 Å². The van der Waals surface area contributed by atoms with Gasteiger partial charge in [0.25, 0.3) is 5.91 Å². The Morgan fingerprint density at radius 1 is 1.06 bits per heavy atom. The highest BCUT2D eigenvalue weighted by Gasteiger charge is 2.30. The number of alkyl halides is 3. The summed E-state index contributed by atoms with van der Waals surface area (Å²) in [6, 6.07) is 11.9. The second-order valence-corrected chi connectivity index (χ2v) is 7.96. The minimum Gasteiger partial charge on any atom is -0.352 e. The maximum Gasteiger partial charge on any atom is 0.416 e. The molecule has 1 N–H and O–H groups in total. The molecule has 0 bridgehead atoms. The molecule has 0 aliphatic rings. The van der Waals surface area contributed by atoms with E-state index in [4.69, 9.17) is 0 Å². The number of nitrogens with one attached hydrogen (secondary N) is 1. The molecule has 6 nitrogen and oxygen atoms in total. The minimum absolute atomic E-state index is 0.0494. The predicted molar refractivity (Wildman–Crippen MR) is 118 cm³/mol. The van der Waals surface area contributed by atoms with Crippen molar-refractivity contribution in [1.82, 2.24) is 20.0 Å². The number of hydrogen-bond donors (Lipinski definition) is 1. The Bertz CT molecular complexity index is 1170. The van der Waals surface area contributed by atoms with Gasteiger partial charge in [-0.3, -0.25) is 9.59 Å². The predicted octanol–water partition coefficient (Wildman–Crippen LogP) is 4.07. The Balaban J connectivity index is 1.69. The van der Waals surface area contributed by atoms with Crippen molar-refractivity contribution in [1.29, 1.82) is 0 Å². The Morgan fingerprint density at radius 3 is 2.33 bits per heavy atom. The molecular formula is C24H25F3N4O2. The van der Waals surface area contributed by atoms with E-state index in [1.54, 1.807) is 58.3 Å². The fourth-order valence-corrected chi connectivity index (χ4v) is 3.44. The first-order valence-corrected chi connectivity index (χ1v) is 10.3. The van der Waals surface area contributed by atoms with Crippen molar-refractivity contribution < 1.29 is 22.8 Å². The molecule has 0 radical (unpaired) electrons. The molecule has 0 unspecified atom stereocenters. The van der Waals surface area contributed by atoms with Gasteiger partial charge < -0.3 is 10.2 Å². The van der Waals surface area contributed by atoms with Crippen LogP contribution in [-0.2, 0) is 23.9 Å². The van der Waals surface area contributed by atoms with Crippen molar-refractivity contribution in [2.45, 2.75) is 33.0 Å². The monoisotopic (exact) mass is 458 g/mol. The lowest BCUT2D eigenvalue weighted by Crippen LogP contribution is -2.25. The first kappa shape index (κ1) is 24.0. The fourth-order valence-electron chi connectivity index (χ4n) is 3.44. The summed E-state index contributed by atoms with van der Waals surface area (Å²) in [5, 5.41) is 7.18. The molecule has 0 aliphatic carbocycles. The quantitative estimate of drug-likeness (QED) is 0.606. The summed E-state index contributed by atoms with van der Waals surface area (Å²) < 4.78 is 40.6. The van der Waals surface area contributed by atoms with Crippen LogP contribution < -0.4 is 5.32 Å². The summed E-state index contributed by atoms with van der Waals surface area (Å²) >= 11 is 0. The van der Waals surface area contributed by atoms with Crippen LogP contribution in [0.1, 0.15) is 38.4 Å². The van der Waals surface area contributed by atoms with Gasteiger partial charge in [0.15, 0.2) is 0 Å². The summed E-state index contributed by atoms with van der Waals surface area (Å²) in [4.78, 5) is 26.0. The van der Waals surface area contributed by atoms with E-state index in [1.807, 2.05) is 0 Å². The van der Waals surface area contributed by atoms with Crippen LogP contribution in [0, 0.1) is 13.8 Å². The third-order valence-corrected chi connectivity index (χ3v) is 5.29. The molecule has 174 valence electrons. The van der Waals surface area contributed by atoms with E-state index in [0.717, 1.165) is 17.7 Å². The number of halogens is 3. The molecule has 0 saturated heterocycles. The highest BCUT2D eigenvalue weighted by Crippen LogP contribution is 2.31. The number of aromatic nitrogens is 2. The molecule has 2 aromatic carbocycles. The molecule has 0 spiro atoms. The molecule has 1 aromatic heterocycles. The molecule has 0 saturated carbocycles. The van der Waals surface area contributed by atoms with Crippen LogP contribution in [0.3, 0.4) is 0 Å². The van der Waals surface area contributed by atoms with Crippen LogP contribution in [0.5, 0.6) is 0 Å². The average molecular weight is 458 g/mol. The molecule has 9 heteroatoms. The van der Waals surface area contributed by atoms with E-state index in [2.05, 4.69) is 10.4 Å². The van der Waals surface area contributed by atoms with E-state index < -0.39 is 11.7 Å². The fraction of sp³-hybridized carbons (Fsp3) is 0.292. The lowest BCUT2D eigenvalue weighted by Gasteiger charge is -2.11. The molecule has 2 amide bonds. The molecule has 3 aromatic rings. The summed E-state index contributed by atoms with van der Waals surface area (Å²) in [5.41, 5.74) is 2.77. The second kappa shape index (κ2) is 9.48. The van der Waals surface area contributed by atoms with Crippen LogP contribution in [-0.4, -0.2) is 40.6 Å². The molecular weight excluding hydrogens is 433 g/mol. The van der Waals surface area contributed by atoms with Gasteiger partial charge in [-0.05, 0) is 49.7 Å². The van der Waals surface area contributed by atoms with E-state index in [-0.39, 0.29) is 30.5 Å². The van der Waals surface area contributed by atoms with E-state index in [0.29, 0.717) is 22.5 Å². The van der Waals surface area contributed by atoms with Crippen molar-refractivity contribution in [3.8, 4) is 5.69 Å². The van der Waals surface area contributed by atoms with Gasteiger partial charge in [-0.25, -0.2) is 4.68 Å². The number of carbonyl (C=O) groups is 2. The van der Waals surface area contributed by atoms with E-state index >= 15 is 0 Å². The van der Waals surface area contributed by atoms with E-state index in [1.165, 1.54) is 15.6 Å². The number of carbonyl (C=O) groups excluding carboxylic acids is 2. The van der Waals surface area contributed by atoms with Crippen LogP contribution in [0.25, 0.3) is 5.69 Å². The molecule has 0 aliphatic heterocycles. The first-order valence-electron chi connectivity index (χ1n) is 10.3. The Hall–Kier alpha value is -3.62. The molecule has 0 fully saturated rings. The Morgan fingerprint density at radius 2 is 1.73 bits per heavy atom. The Kier molecular flexibility index (Phi) is 6.90. The van der Waals surface area contributed by atoms with Crippen LogP contribution in [0.2, 0.25) is 0 Å². The van der Waals surface area contributed by atoms with Crippen molar-refractivity contribution in [3.05, 3.63) is 82.2 Å². The Labute approximate surface area is 190 Å². The summed E-state index contributed by atoms with van der Waals surface area (Å²) in [6.45, 7) is 3.73. The number of amides is 2. The zero-order valence-corrected chi connectivity index (χ0v) is 18.8. The molecule has 1 heterocycles. The van der Waals surface area contributed by atoms with Gasteiger partial charge in [-0.2, -0.15) is 18.3 Å². The zero-order chi connectivity index (χ0) is 24.3. The van der Waals surface area contributed by atoms with Gasteiger partial charge in [0, 0.05) is 37.5 Å². The summed E-state index contributed by atoms with van der Waals surface area (Å²) in [7, 11) is 3.35. The molecule has 0 atom stereocenters. The largest absolute Gasteiger partial charge is 0.416 e. The molecule has 3 rings (SSSR count). The van der Waals surface area contributed by atoms with E-state index in [9.17, 15) is 22.8 Å². The van der Waals surface area contributed by atoms with Crippen LogP contribution >= 0.6 is 0 Å². The van der Waals surface area contributed by atoms with Crippen molar-refractivity contribution >= 4 is 11.8 Å². The smallest absolute Gasteiger partial charge is 0.352 e. The lowest BCUT2D eigenvalue weighted by atomic mass is 10.1. The molecule has 33 heavy (non-hydrogen) atoms. The average Bonchev–Trinajstić information content (AvgIpc) is 3.05. The number of aryl methyl sites for hydroxylation is 1. The highest BCUT2D eigenvalue weighted by molar-refractivity contribution is 5.93. The number of rotatable bonds is 6. The van der Waals surface area contributed by atoms with Gasteiger partial charge in [0.2, 0.25) is 5.91 Å². The number of benzene rings is 2. The highest BCUT2D eigenvalue weighted by atomic mass is 19.4. The zero-order valence-electron chi connectivity index (χ0n) is 18.8. The maximum atomic E-state index is 13.1. The van der Waals surface area contributed by atoms with Gasteiger partial charge in [0.1, 0.15) is 0 Å². The first-order chi connectivity index (χ1) is 15.5. The van der Waals surface area contributed by atoms with Gasteiger partial charge in [-0.1, -0.05) is 18.2 Å². The number of nitrogens with zero attached hydrogens (tertiary/aromatic N) is 3. The van der Waals surface area contributed by atoms with Crippen LogP contribution in [0.15, 0.2) is 48.5 Å². The van der Waals surface area contributed by atoms with Crippen molar-refractivity contribution in [2.24, 2.45) is 0 Å². The van der Waals surface area contributed by atoms with Gasteiger partial charge >= 0.3 is 6.18 Å². The van der Waals surface area contributed by atoms with Gasteiger partial charge in [-0.15, -0.1) is 0 Å². The van der Waals surface area contributed by atoms with Crippen molar-refractivity contribution in [3.63, 3.8) is 0 Å². The standard InChI is InChI=1S/C24H25F3N4O2/c1-15-21(16(2)31(29-15)20-7-5-6-19(12-20)24(25,26)27)13-22(32)28-14-17-8-10-18(11-9-17)23(33)30(3)4/h5-12H,13-14H2,1-4H3,(H,28,32). The minimum atomic E-state index is -4.45.